The molecule has 0 spiro atoms. The number of fused-ring (bicyclic) bond motifs is 3. The number of hydrogen-bond acceptors (Lipinski definition) is 3. The molecule has 5 aromatic carbocycles. The Labute approximate surface area is 321 Å². The molecular formula is C45H37FIrN2SSi-2. The first kappa shape index (κ1) is 33.6. The number of thiophene rings is 1. The summed E-state index contributed by atoms with van der Waals surface area (Å²) in [5.41, 5.74) is 8.12. The number of hydrogen-bond donors (Lipinski definition) is 0. The van der Waals surface area contributed by atoms with Gasteiger partial charge in [0.1, 0.15) is 0 Å². The molecule has 3 aromatic heterocycles. The molecule has 0 aliphatic carbocycles. The van der Waals surface area contributed by atoms with E-state index in [0.29, 0.717) is 11.1 Å². The van der Waals surface area contributed by atoms with Crippen molar-refractivity contribution in [2.45, 2.75) is 32.9 Å². The smallest absolute Gasteiger partial charge is 0.0795 e. The van der Waals surface area contributed by atoms with Crippen molar-refractivity contribution in [2.75, 3.05) is 0 Å². The van der Waals surface area contributed by atoms with Crippen LogP contribution in [0.3, 0.4) is 0 Å². The van der Waals surface area contributed by atoms with Crippen LogP contribution in [0, 0.1) is 24.9 Å². The van der Waals surface area contributed by atoms with Gasteiger partial charge in [-0.2, -0.15) is 11.3 Å². The number of aryl methyl sites for hydroxylation is 1. The first-order valence-corrected chi connectivity index (χ1v) is 20.9. The quantitative estimate of drug-likeness (QED) is 0.123. The molecule has 3 heterocycles. The first-order chi connectivity index (χ1) is 25.0. The van der Waals surface area contributed by atoms with E-state index in [1.807, 2.05) is 60.8 Å². The summed E-state index contributed by atoms with van der Waals surface area (Å²) in [4.78, 5) is 9.07. The van der Waals surface area contributed by atoms with E-state index < -0.39 is 14.4 Å². The van der Waals surface area contributed by atoms with Crippen molar-refractivity contribution >= 4 is 44.8 Å². The molecule has 0 fully saturated rings. The van der Waals surface area contributed by atoms with Crippen molar-refractivity contribution in [1.82, 2.24) is 9.97 Å². The van der Waals surface area contributed by atoms with Crippen LogP contribution >= 0.6 is 11.3 Å². The van der Waals surface area contributed by atoms with Gasteiger partial charge in [-0.3, -0.25) is 4.39 Å². The van der Waals surface area contributed by atoms with E-state index in [9.17, 15) is 4.39 Å². The van der Waals surface area contributed by atoms with Crippen LogP contribution in [0.15, 0.2) is 140 Å². The Kier molecular flexibility index (Phi) is 10.4. The summed E-state index contributed by atoms with van der Waals surface area (Å²) < 4.78 is 32.7. The Morgan fingerprint density at radius 2 is 1.51 bits per heavy atom. The molecule has 8 rings (SSSR count). The maximum Gasteiger partial charge on any atom is 0.0795 e. The predicted octanol–water partition coefficient (Wildman–Crippen LogP) is 11.7. The molecule has 8 aromatic rings. The van der Waals surface area contributed by atoms with Gasteiger partial charge in [0.25, 0.3) is 0 Å². The minimum absolute atomic E-state index is 0. The summed E-state index contributed by atoms with van der Waals surface area (Å²) in [6.07, 6.45) is 2.01. The molecule has 0 aliphatic rings. The molecule has 1 radical (unpaired) electrons. The third kappa shape index (κ3) is 8.32. The zero-order valence-corrected chi connectivity index (χ0v) is 33.0. The van der Waals surface area contributed by atoms with Crippen LogP contribution in [0.5, 0.6) is 0 Å². The number of nitrogens with zero attached hydrogens (tertiary/aromatic N) is 2. The Bertz CT molecular complexity index is 2480. The molecule has 0 aliphatic heterocycles. The molecular weight excluding hydrogens is 840 g/mol. The zero-order valence-electron chi connectivity index (χ0n) is 30.8. The minimum atomic E-state index is -1.62. The average Bonchev–Trinajstić information content (AvgIpc) is 3.56. The van der Waals surface area contributed by atoms with Gasteiger partial charge in [0.15, 0.2) is 0 Å². The monoisotopic (exact) mass is 879 g/mol. The van der Waals surface area contributed by atoms with E-state index in [4.69, 9.17) is 2.74 Å². The molecule has 2 nitrogen and oxygen atoms in total. The molecule has 255 valence electrons. The molecule has 0 atom stereocenters. The van der Waals surface area contributed by atoms with Crippen molar-refractivity contribution in [3.8, 4) is 33.6 Å². The van der Waals surface area contributed by atoms with Gasteiger partial charge >= 0.3 is 0 Å². The number of aromatic nitrogens is 2. The van der Waals surface area contributed by atoms with Crippen LogP contribution in [0.2, 0.25) is 19.6 Å². The second kappa shape index (κ2) is 15.8. The Hall–Kier alpha value is -4.58. The normalized spacial score (nSPS) is 12.0. The van der Waals surface area contributed by atoms with Crippen LogP contribution in [-0.4, -0.2) is 18.0 Å². The molecule has 0 unspecified atom stereocenters. The summed E-state index contributed by atoms with van der Waals surface area (Å²) in [5, 5.41) is 3.77. The van der Waals surface area contributed by atoms with Crippen molar-refractivity contribution in [3.63, 3.8) is 0 Å². The van der Waals surface area contributed by atoms with Crippen LogP contribution in [0.25, 0.3) is 53.8 Å². The van der Waals surface area contributed by atoms with Gasteiger partial charge in [-0.05, 0) is 67.4 Å². The van der Waals surface area contributed by atoms with Crippen molar-refractivity contribution in [2.24, 2.45) is 0 Å². The average molecular weight is 879 g/mol. The molecule has 0 N–H and O–H groups in total. The molecule has 0 saturated heterocycles. The summed E-state index contributed by atoms with van der Waals surface area (Å²) in [6.45, 7) is 8.98. The van der Waals surface area contributed by atoms with Crippen LogP contribution in [0.1, 0.15) is 19.4 Å². The molecule has 6 heteroatoms. The second-order valence-corrected chi connectivity index (χ2v) is 19.4. The number of pyridine rings is 2. The van der Waals surface area contributed by atoms with Gasteiger partial charge in [0, 0.05) is 45.8 Å². The topological polar surface area (TPSA) is 25.8 Å². The maximum atomic E-state index is 12.8. The van der Waals surface area contributed by atoms with E-state index in [1.165, 1.54) is 49.5 Å². The van der Waals surface area contributed by atoms with E-state index in [0.717, 1.165) is 27.2 Å². The Balaban J connectivity index is 0.000000226. The minimum Gasteiger partial charge on any atom is -0.305 e. The maximum absolute atomic E-state index is 12.8. The largest absolute Gasteiger partial charge is 0.305 e. The van der Waals surface area contributed by atoms with E-state index >= 15 is 0 Å². The Morgan fingerprint density at radius 1 is 0.745 bits per heavy atom. The van der Waals surface area contributed by atoms with Gasteiger partial charge in [-0.1, -0.05) is 123 Å². The fourth-order valence-electron chi connectivity index (χ4n) is 5.88. The third-order valence-corrected chi connectivity index (χ3v) is 11.8. The van der Waals surface area contributed by atoms with Crippen LogP contribution in [-0.2, 0) is 26.5 Å². The second-order valence-electron chi connectivity index (χ2n) is 13.3. The van der Waals surface area contributed by atoms with Crippen LogP contribution in [0.4, 0.5) is 4.39 Å². The van der Waals surface area contributed by atoms with Gasteiger partial charge < -0.3 is 9.97 Å². The first-order valence-electron chi connectivity index (χ1n) is 17.6. The Morgan fingerprint density at radius 3 is 2.20 bits per heavy atom. The summed E-state index contributed by atoms with van der Waals surface area (Å²) >= 11 is 1.75. The summed E-state index contributed by atoms with van der Waals surface area (Å²) in [7, 11) is -1.30. The van der Waals surface area contributed by atoms with Gasteiger partial charge in [0.05, 0.1) is 8.07 Å². The van der Waals surface area contributed by atoms with Crippen LogP contribution < -0.4 is 5.19 Å². The van der Waals surface area contributed by atoms with Gasteiger partial charge in [0.2, 0.25) is 0 Å². The van der Waals surface area contributed by atoms with Crippen molar-refractivity contribution < 1.29 is 27.2 Å². The molecule has 0 saturated carbocycles. The third-order valence-electron chi connectivity index (χ3n) is 8.61. The van der Waals surface area contributed by atoms with E-state index in [-0.39, 0.29) is 25.9 Å². The molecule has 0 bridgehead atoms. The standard InChI is InChI=1S/C31H22NS.C14H15FNSi.Ir/c1-21-12-14-26(28-19-23(16-17-32-28)18-22-8-4-2-5-9-22)31-30(21)27-15-13-25(20-29(27)33-31)24-10-6-3-7-11-24;1-17(2,3)13-8-9-14(16-10-13)11-4-6-12(15)7-5-11;/h2-13,15-17,19-20H,18H2,1H3;4,6-10H,1-3H3;/q2*-1;/i18D2;;. The predicted molar refractivity (Wildman–Crippen MR) is 212 cm³/mol. The summed E-state index contributed by atoms with van der Waals surface area (Å²) in [6, 6.07) is 46.9. The van der Waals surface area contributed by atoms with Crippen molar-refractivity contribution in [3.05, 3.63) is 174 Å². The van der Waals surface area contributed by atoms with E-state index in [1.54, 1.807) is 29.7 Å². The number of benzene rings is 5. The number of rotatable bonds is 6. The summed E-state index contributed by atoms with van der Waals surface area (Å²) in [5.74, 6) is -0.271. The fraction of sp³-hybridized carbons (Fsp3) is 0.111. The fourth-order valence-corrected chi connectivity index (χ4v) is 8.24. The molecule has 0 amide bonds. The number of halogens is 1. The zero-order chi connectivity index (χ0) is 36.5. The van der Waals surface area contributed by atoms with E-state index in [2.05, 4.69) is 97.2 Å². The molecule has 51 heavy (non-hydrogen) atoms. The SMILES string of the molecule is C[Si](C)(C)c1ccc(-c2[c-]cc(F)cc2)nc1.[2H]C([2H])(c1ccccc1)c1ccnc(-c2[c-]cc(C)c3c2sc2cc(-c4ccccc4)ccc23)c1.[Ir]. The van der Waals surface area contributed by atoms with Gasteiger partial charge in [-0.15, -0.1) is 53.1 Å². The van der Waals surface area contributed by atoms with Crippen molar-refractivity contribution in [1.29, 1.82) is 0 Å². The van der Waals surface area contributed by atoms with Gasteiger partial charge in [-0.25, -0.2) is 0 Å².